The molecular formula is C27H36N6O2. The van der Waals surface area contributed by atoms with Crippen LogP contribution in [-0.4, -0.2) is 50.8 Å². The monoisotopic (exact) mass is 476 g/mol. The van der Waals surface area contributed by atoms with Gasteiger partial charge in [0.25, 0.3) is 5.91 Å². The van der Waals surface area contributed by atoms with Crippen molar-refractivity contribution in [2.45, 2.75) is 70.9 Å². The van der Waals surface area contributed by atoms with Crippen LogP contribution in [0.4, 0.5) is 11.6 Å². The van der Waals surface area contributed by atoms with Gasteiger partial charge < -0.3 is 21.1 Å². The number of benzene rings is 1. The molecule has 1 aromatic carbocycles. The Bertz CT molecular complexity index is 1190. The molecule has 0 saturated heterocycles. The number of aryl methyl sites for hydroxylation is 1. The maximum atomic E-state index is 12.6. The predicted octanol–water partition coefficient (Wildman–Crippen LogP) is 4.38. The summed E-state index contributed by atoms with van der Waals surface area (Å²) in [5.74, 6) is 1.86. The van der Waals surface area contributed by atoms with E-state index < -0.39 is 0 Å². The summed E-state index contributed by atoms with van der Waals surface area (Å²) in [6.45, 7) is 4.87. The van der Waals surface area contributed by atoms with Crippen LogP contribution in [0.2, 0.25) is 0 Å². The minimum Gasteiger partial charge on any atom is -0.396 e. The van der Waals surface area contributed by atoms with Gasteiger partial charge in [-0.2, -0.15) is 9.61 Å². The number of aromatic nitrogens is 3. The van der Waals surface area contributed by atoms with Crippen LogP contribution in [-0.2, 0) is 0 Å². The summed E-state index contributed by atoms with van der Waals surface area (Å²) in [4.78, 5) is 17.5. The Labute approximate surface area is 206 Å². The number of carbonyl (C=O) groups excluding carboxylic acids is 1. The quantitative estimate of drug-likeness (QED) is 0.346. The molecule has 186 valence electrons. The topological polar surface area (TPSA) is 104 Å². The molecule has 2 saturated carbocycles. The molecule has 4 N–H and O–H groups in total. The Morgan fingerprint density at radius 1 is 1.17 bits per heavy atom. The molecule has 0 spiro atoms. The molecule has 5 rings (SSSR count). The van der Waals surface area contributed by atoms with Gasteiger partial charge >= 0.3 is 0 Å². The van der Waals surface area contributed by atoms with Gasteiger partial charge in [-0.15, -0.1) is 0 Å². The van der Waals surface area contributed by atoms with Crippen molar-refractivity contribution in [3.05, 3.63) is 41.6 Å². The van der Waals surface area contributed by atoms with E-state index in [9.17, 15) is 9.90 Å². The van der Waals surface area contributed by atoms with Crippen LogP contribution >= 0.6 is 0 Å². The second kappa shape index (κ2) is 10.2. The standard InChI is InChI=1S/C27H36N6O2/c1-3-18(16-34)14-28-25-13-24(30-20-6-4-5-7-20)32-26-23(15-29-33(25)26)19-8-11-22(17(2)12-19)27(35)31-21-9-10-21/h8,11-13,15,18,20-21,28,34H,3-7,9-10,14,16H2,1-2H3,(H,30,32)(H,31,35)/t18-/m0/s1. The van der Waals surface area contributed by atoms with E-state index in [1.165, 1.54) is 12.8 Å². The number of amides is 1. The third-order valence-electron chi connectivity index (χ3n) is 7.28. The van der Waals surface area contributed by atoms with E-state index in [-0.39, 0.29) is 18.4 Å². The number of carbonyl (C=O) groups is 1. The predicted molar refractivity (Wildman–Crippen MR) is 139 cm³/mol. The number of hydrogen-bond donors (Lipinski definition) is 4. The Morgan fingerprint density at radius 3 is 2.66 bits per heavy atom. The van der Waals surface area contributed by atoms with E-state index in [2.05, 4.69) is 28.0 Å². The highest BCUT2D eigenvalue weighted by atomic mass is 16.3. The number of rotatable bonds is 10. The first kappa shape index (κ1) is 23.6. The van der Waals surface area contributed by atoms with Crippen LogP contribution in [0.15, 0.2) is 30.5 Å². The van der Waals surface area contributed by atoms with Crippen molar-refractivity contribution in [3.8, 4) is 11.1 Å². The van der Waals surface area contributed by atoms with Crippen molar-refractivity contribution in [3.63, 3.8) is 0 Å². The molecule has 2 aliphatic rings. The van der Waals surface area contributed by atoms with Crippen LogP contribution in [0.3, 0.4) is 0 Å². The molecule has 1 atom stereocenters. The highest BCUT2D eigenvalue weighted by Crippen LogP contribution is 2.30. The first-order chi connectivity index (χ1) is 17.1. The minimum atomic E-state index is -0.00145. The number of anilines is 2. The highest BCUT2D eigenvalue weighted by Gasteiger charge is 2.25. The average Bonchev–Trinajstić information content (AvgIpc) is 3.33. The van der Waals surface area contributed by atoms with Crippen LogP contribution in [0.5, 0.6) is 0 Å². The smallest absolute Gasteiger partial charge is 0.251 e. The second-order valence-electron chi connectivity index (χ2n) is 10.1. The van der Waals surface area contributed by atoms with E-state index in [4.69, 9.17) is 4.98 Å². The number of aliphatic hydroxyl groups is 1. The summed E-state index contributed by atoms with van der Waals surface area (Å²) in [5, 5.41) is 24.5. The van der Waals surface area contributed by atoms with E-state index in [0.717, 1.165) is 66.1 Å². The van der Waals surface area contributed by atoms with Gasteiger partial charge in [0, 0.05) is 42.4 Å². The molecule has 1 amide bonds. The molecule has 2 heterocycles. The zero-order valence-corrected chi connectivity index (χ0v) is 20.7. The summed E-state index contributed by atoms with van der Waals surface area (Å²) >= 11 is 0. The van der Waals surface area contributed by atoms with Gasteiger partial charge in [0.1, 0.15) is 11.6 Å². The molecule has 2 aliphatic carbocycles. The average molecular weight is 477 g/mol. The summed E-state index contributed by atoms with van der Waals surface area (Å²) in [6, 6.07) is 8.72. The van der Waals surface area contributed by atoms with Crippen molar-refractivity contribution in [1.82, 2.24) is 19.9 Å². The molecular weight excluding hydrogens is 440 g/mol. The first-order valence-corrected chi connectivity index (χ1v) is 13.0. The van der Waals surface area contributed by atoms with E-state index in [1.807, 2.05) is 41.9 Å². The van der Waals surface area contributed by atoms with Gasteiger partial charge in [0.2, 0.25) is 0 Å². The number of nitrogens with zero attached hydrogens (tertiary/aromatic N) is 3. The van der Waals surface area contributed by atoms with Crippen LogP contribution in [0.1, 0.15) is 67.8 Å². The molecule has 35 heavy (non-hydrogen) atoms. The van der Waals surface area contributed by atoms with Crippen molar-refractivity contribution < 1.29 is 9.90 Å². The van der Waals surface area contributed by atoms with Gasteiger partial charge in [0.15, 0.2) is 5.65 Å². The fourth-order valence-electron chi connectivity index (χ4n) is 4.81. The minimum absolute atomic E-state index is 0.00145. The zero-order valence-electron chi connectivity index (χ0n) is 20.7. The Hall–Kier alpha value is -3.13. The van der Waals surface area contributed by atoms with E-state index in [1.54, 1.807) is 0 Å². The summed E-state index contributed by atoms with van der Waals surface area (Å²) < 4.78 is 1.84. The molecule has 8 heteroatoms. The Kier molecular flexibility index (Phi) is 6.90. The molecule has 0 unspecified atom stereocenters. The largest absolute Gasteiger partial charge is 0.396 e. The lowest BCUT2D eigenvalue weighted by Gasteiger charge is -2.17. The number of hydrogen-bond acceptors (Lipinski definition) is 6. The number of fused-ring (bicyclic) bond motifs is 1. The molecule has 0 aliphatic heterocycles. The number of nitrogens with one attached hydrogen (secondary N) is 3. The molecule has 0 radical (unpaired) electrons. The fourth-order valence-corrected chi connectivity index (χ4v) is 4.81. The highest BCUT2D eigenvalue weighted by molar-refractivity contribution is 5.97. The van der Waals surface area contributed by atoms with Crippen molar-refractivity contribution in [2.75, 3.05) is 23.8 Å². The third-order valence-corrected chi connectivity index (χ3v) is 7.28. The lowest BCUT2D eigenvalue weighted by Crippen LogP contribution is -2.26. The van der Waals surface area contributed by atoms with Crippen LogP contribution < -0.4 is 16.0 Å². The zero-order chi connectivity index (χ0) is 24.4. The lowest BCUT2D eigenvalue weighted by molar-refractivity contribution is 0.0950. The first-order valence-electron chi connectivity index (χ1n) is 13.0. The number of aliphatic hydroxyl groups excluding tert-OH is 1. The fraction of sp³-hybridized carbons (Fsp3) is 0.519. The van der Waals surface area contributed by atoms with Gasteiger partial charge in [-0.05, 0) is 62.1 Å². The van der Waals surface area contributed by atoms with Gasteiger partial charge in [-0.25, -0.2) is 4.98 Å². The van der Waals surface area contributed by atoms with Crippen molar-refractivity contribution >= 4 is 23.2 Å². The maximum Gasteiger partial charge on any atom is 0.251 e. The van der Waals surface area contributed by atoms with Gasteiger partial charge in [-0.3, -0.25) is 4.79 Å². The Balaban J connectivity index is 1.48. The van der Waals surface area contributed by atoms with Gasteiger partial charge in [-0.1, -0.05) is 31.9 Å². The molecule has 2 fully saturated rings. The summed E-state index contributed by atoms with van der Waals surface area (Å²) in [6.07, 6.45) is 9.70. The van der Waals surface area contributed by atoms with E-state index in [0.29, 0.717) is 24.2 Å². The Morgan fingerprint density at radius 2 is 1.97 bits per heavy atom. The summed E-state index contributed by atoms with van der Waals surface area (Å²) in [7, 11) is 0. The second-order valence-corrected chi connectivity index (χ2v) is 10.1. The maximum absolute atomic E-state index is 12.6. The van der Waals surface area contributed by atoms with E-state index >= 15 is 0 Å². The molecule has 3 aromatic rings. The SMILES string of the molecule is CC[C@H](CO)CNc1cc(NC2CCCC2)nc2c(-c3ccc(C(=O)NC4CC4)c(C)c3)cnn12. The molecule has 8 nitrogen and oxygen atoms in total. The third kappa shape index (κ3) is 5.27. The van der Waals surface area contributed by atoms with Gasteiger partial charge in [0.05, 0.1) is 6.20 Å². The molecule has 2 aromatic heterocycles. The van der Waals surface area contributed by atoms with Crippen molar-refractivity contribution in [1.29, 1.82) is 0 Å². The molecule has 0 bridgehead atoms. The normalized spacial score (nSPS) is 17.0. The van der Waals surface area contributed by atoms with Crippen LogP contribution in [0, 0.1) is 12.8 Å². The summed E-state index contributed by atoms with van der Waals surface area (Å²) in [5.41, 5.74) is 4.33. The van der Waals surface area contributed by atoms with Crippen molar-refractivity contribution in [2.24, 2.45) is 5.92 Å². The van der Waals surface area contributed by atoms with Crippen LogP contribution in [0.25, 0.3) is 16.8 Å². The lowest BCUT2D eigenvalue weighted by atomic mass is 10.0.